The number of carbonyl (C=O) groups is 1. The summed E-state index contributed by atoms with van der Waals surface area (Å²) in [5.74, 6) is -0.168. The zero-order valence-electron chi connectivity index (χ0n) is 12.5. The molecule has 0 unspecified atom stereocenters. The minimum atomic E-state index is -3.12. The second-order valence-electron chi connectivity index (χ2n) is 5.63. The summed E-state index contributed by atoms with van der Waals surface area (Å²) >= 11 is 1.55. The molecule has 1 aliphatic rings. The highest BCUT2D eigenvalue weighted by Crippen LogP contribution is 2.25. The quantitative estimate of drug-likeness (QED) is 0.801. The molecule has 0 aliphatic heterocycles. The third-order valence-electron chi connectivity index (χ3n) is 3.90. The predicted octanol–water partition coefficient (Wildman–Crippen LogP) is 2.16. The van der Waals surface area contributed by atoms with Gasteiger partial charge in [-0.05, 0) is 19.8 Å². The fourth-order valence-electron chi connectivity index (χ4n) is 2.65. The summed E-state index contributed by atoms with van der Waals surface area (Å²) in [6, 6.07) is 0. The first-order chi connectivity index (χ1) is 9.88. The predicted molar refractivity (Wildman–Crippen MR) is 84.0 cm³/mol. The summed E-state index contributed by atoms with van der Waals surface area (Å²) in [5, 5.41) is 2.67. The zero-order chi connectivity index (χ0) is 15.5. The van der Waals surface area contributed by atoms with Crippen LogP contribution < -0.4 is 0 Å². The minimum Gasteiger partial charge on any atom is -0.340 e. The van der Waals surface area contributed by atoms with E-state index in [1.54, 1.807) is 23.3 Å². The lowest BCUT2D eigenvalue weighted by Crippen LogP contribution is -2.30. The van der Waals surface area contributed by atoms with Crippen LogP contribution in [0.2, 0.25) is 0 Å². The fraction of sp³-hybridized carbons (Fsp3) is 0.714. The lowest BCUT2D eigenvalue weighted by molar-refractivity contribution is -0.130. The van der Waals surface area contributed by atoms with Crippen molar-refractivity contribution in [2.75, 3.05) is 12.8 Å². The molecule has 118 valence electrons. The van der Waals surface area contributed by atoms with E-state index in [1.165, 1.54) is 0 Å². The largest absolute Gasteiger partial charge is 0.340 e. The molecule has 1 heterocycles. The van der Waals surface area contributed by atoms with Crippen LogP contribution in [-0.4, -0.2) is 42.3 Å². The highest BCUT2D eigenvalue weighted by Gasteiger charge is 2.29. The van der Waals surface area contributed by atoms with E-state index in [0.29, 0.717) is 6.54 Å². The topological polar surface area (TPSA) is 67.3 Å². The number of carbonyl (C=O) groups excluding carboxylic acids is 1. The molecule has 0 saturated heterocycles. The Hall–Kier alpha value is -0.950. The Morgan fingerprint density at radius 1 is 1.43 bits per heavy atom. The van der Waals surface area contributed by atoms with Gasteiger partial charge >= 0.3 is 0 Å². The van der Waals surface area contributed by atoms with Crippen LogP contribution in [0.15, 0.2) is 5.38 Å². The van der Waals surface area contributed by atoms with E-state index in [4.69, 9.17) is 0 Å². The summed E-state index contributed by atoms with van der Waals surface area (Å²) in [6.07, 6.45) is 3.55. The molecule has 1 amide bonds. The highest BCUT2D eigenvalue weighted by molar-refractivity contribution is 7.92. The van der Waals surface area contributed by atoms with Crippen LogP contribution in [0.3, 0.4) is 0 Å². The van der Waals surface area contributed by atoms with Gasteiger partial charge in [0.15, 0.2) is 9.84 Å². The first kappa shape index (κ1) is 16.4. The van der Waals surface area contributed by atoms with Crippen LogP contribution in [0, 0.1) is 6.92 Å². The molecule has 1 aromatic rings. The van der Waals surface area contributed by atoms with Crippen molar-refractivity contribution in [3.8, 4) is 0 Å². The van der Waals surface area contributed by atoms with Crippen molar-refractivity contribution in [1.29, 1.82) is 0 Å². The van der Waals surface area contributed by atoms with Crippen molar-refractivity contribution < 1.29 is 13.2 Å². The van der Waals surface area contributed by atoms with Crippen molar-refractivity contribution >= 4 is 27.1 Å². The molecule has 0 spiro atoms. The molecule has 1 aliphatic carbocycles. The van der Waals surface area contributed by atoms with Crippen molar-refractivity contribution in [1.82, 2.24) is 9.88 Å². The number of aromatic nitrogens is 1. The van der Waals surface area contributed by atoms with E-state index in [2.05, 4.69) is 4.98 Å². The van der Waals surface area contributed by atoms with E-state index in [1.807, 2.05) is 12.3 Å². The molecule has 21 heavy (non-hydrogen) atoms. The van der Waals surface area contributed by atoms with Gasteiger partial charge in [0, 0.05) is 18.8 Å². The Morgan fingerprint density at radius 2 is 2.10 bits per heavy atom. The van der Waals surface area contributed by atoms with Crippen LogP contribution in [-0.2, 0) is 21.2 Å². The molecule has 1 fully saturated rings. The van der Waals surface area contributed by atoms with E-state index >= 15 is 0 Å². The summed E-state index contributed by atoms with van der Waals surface area (Å²) < 4.78 is 24.3. The number of nitrogens with zero attached hydrogens (tertiary/aromatic N) is 2. The Balaban J connectivity index is 1.83. The number of hydrogen-bond acceptors (Lipinski definition) is 5. The maximum Gasteiger partial charge on any atom is 0.223 e. The molecular formula is C14H22N2O3S2. The minimum absolute atomic E-state index is 0.0308. The molecule has 7 heteroatoms. The summed E-state index contributed by atoms with van der Waals surface area (Å²) in [5.41, 5.74) is 0.854. The molecule has 1 aromatic heterocycles. The second kappa shape index (κ2) is 6.87. The van der Waals surface area contributed by atoms with Crippen molar-refractivity contribution in [2.45, 2.75) is 50.8 Å². The second-order valence-corrected chi connectivity index (χ2v) is 9.09. The lowest BCUT2D eigenvalue weighted by atomic mass is 10.3. The smallest absolute Gasteiger partial charge is 0.223 e. The van der Waals surface area contributed by atoms with Gasteiger partial charge in [0.05, 0.1) is 28.2 Å². The number of sulfone groups is 1. The number of aryl methyl sites for hydroxylation is 1. The number of thiazole rings is 1. The third-order valence-corrected chi connectivity index (χ3v) is 6.98. The number of rotatable bonds is 6. The first-order valence-corrected chi connectivity index (χ1v) is 9.84. The van der Waals surface area contributed by atoms with E-state index in [0.717, 1.165) is 36.4 Å². The zero-order valence-corrected chi connectivity index (χ0v) is 14.2. The molecule has 0 atom stereocenters. The Bertz CT molecular complexity index is 589. The average molecular weight is 330 g/mol. The van der Waals surface area contributed by atoms with Gasteiger partial charge < -0.3 is 4.90 Å². The molecule has 0 bridgehead atoms. The van der Waals surface area contributed by atoms with E-state index in [9.17, 15) is 13.2 Å². The molecule has 0 N–H and O–H groups in total. The monoisotopic (exact) mass is 330 g/mol. The van der Waals surface area contributed by atoms with Gasteiger partial charge in [-0.3, -0.25) is 4.79 Å². The molecular weight excluding hydrogens is 308 g/mol. The fourth-order valence-corrected chi connectivity index (χ4v) is 5.09. The standard InChI is InChI=1S/C14H22N2O3S2/c1-11-15-12(10-20-11)9-16(2)14(17)7-8-21(18,19)13-5-3-4-6-13/h10,13H,3-9H2,1-2H3. The van der Waals surface area contributed by atoms with Crippen LogP contribution in [0.25, 0.3) is 0 Å². The van der Waals surface area contributed by atoms with Gasteiger partial charge in [0.25, 0.3) is 0 Å². The van der Waals surface area contributed by atoms with Gasteiger partial charge in [-0.25, -0.2) is 13.4 Å². The lowest BCUT2D eigenvalue weighted by Gasteiger charge is -2.17. The summed E-state index contributed by atoms with van der Waals surface area (Å²) in [4.78, 5) is 17.9. The Labute approximate surface area is 130 Å². The van der Waals surface area contributed by atoms with Crippen LogP contribution in [0.1, 0.15) is 42.8 Å². The van der Waals surface area contributed by atoms with Crippen LogP contribution >= 0.6 is 11.3 Å². The van der Waals surface area contributed by atoms with Gasteiger partial charge in [-0.15, -0.1) is 11.3 Å². The van der Waals surface area contributed by atoms with E-state index in [-0.39, 0.29) is 23.3 Å². The number of hydrogen-bond donors (Lipinski definition) is 0. The normalized spacial score (nSPS) is 16.3. The van der Waals surface area contributed by atoms with E-state index < -0.39 is 9.84 Å². The Kier molecular flexibility index (Phi) is 5.37. The first-order valence-electron chi connectivity index (χ1n) is 7.25. The molecule has 0 radical (unpaired) electrons. The Morgan fingerprint density at radius 3 is 2.67 bits per heavy atom. The van der Waals surface area contributed by atoms with Crippen LogP contribution in [0.5, 0.6) is 0 Å². The van der Waals surface area contributed by atoms with Gasteiger partial charge in [-0.1, -0.05) is 12.8 Å². The van der Waals surface area contributed by atoms with Crippen LogP contribution in [0.4, 0.5) is 0 Å². The maximum atomic E-state index is 12.1. The third kappa shape index (κ3) is 4.51. The van der Waals surface area contributed by atoms with Gasteiger partial charge in [0.2, 0.25) is 5.91 Å². The molecule has 0 aromatic carbocycles. The molecule has 5 nitrogen and oxygen atoms in total. The van der Waals surface area contributed by atoms with Gasteiger partial charge in [0.1, 0.15) is 0 Å². The summed E-state index contributed by atoms with van der Waals surface area (Å²) in [6.45, 7) is 2.36. The van der Waals surface area contributed by atoms with Crippen molar-refractivity contribution in [3.63, 3.8) is 0 Å². The maximum absolute atomic E-state index is 12.1. The van der Waals surface area contributed by atoms with Crippen molar-refractivity contribution in [2.24, 2.45) is 0 Å². The molecule has 2 rings (SSSR count). The van der Waals surface area contributed by atoms with Crippen molar-refractivity contribution in [3.05, 3.63) is 16.1 Å². The summed E-state index contributed by atoms with van der Waals surface area (Å²) in [7, 11) is -1.42. The number of amides is 1. The molecule has 1 saturated carbocycles. The average Bonchev–Trinajstić information content (AvgIpc) is 3.08. The SMILES string of the molecule is Cc1nc(CN(C)C(=O)CCS(=O)(=O)C2CCCC2)cs1. The van der Waals surface area contributed by atoms with Gasteiger partial charge in [-0.2, -0.15) is 0 Å². The highest BCUT2D eigenvalue weighted by atomic mass is 32.2.